The van der Waals surface area contributed by atoms with Crippen molar-refractivity contribution in [1.82, 2.24) is 19.0 Å². The highest BCUT2D eigenvalue weighted by molar-refractivity contribution is 5.96. The molecule has 3 aromatic rings. The minimum absolute atomic E-state index is 0. The Morgan fingerprint density at radius 3 is 2.37 bits per heavy atom. The lowest BCUT2D eigenvalue weighted by Crippen LogP contribution is -2.38. The van der Waals surface area contributed by atoms with E-state index in [1.807, 2.05) is 30.3 Å². The second kappa shape index (κ2) is 10.9. The summed E-state index contributed by atoms with van der Waals surface area (Å²) in [7, 11) is 2.94. The molecule has 0 radical (unpaired) electrons. The van der Waals surface area contributed by atoms with E-state index in [1.165, 1.54) is 23.9 Å². The number of hydrogen-bond donors (Lipinski definition) is 1. The number of benzene rings is 1. The van der Waals surface area contributed by atoms with Gasteiger partial charge in [-0.15, -0.1) is 24.8 Å². The smallest absolute Gasteiger partial charge is 0.332 e. The summed E-state index contributed by atoms with van der Waals surface area (Å²) in [4.78, 5) is 43.3. The molecule has 0 aliphatic heterocycles. The van der Waals surface area contributed by atoms with Crippen LogP contribution in [0.5, 0.6) is 0 Å². The Kier molecular flexibility index (Phi) is 9.22. The van der Waals surface area contributed by atoms with Gasteiger partial charge in [-0.2, -0.15) is 0 Å². The molecule has 0 spiro atoms. The molecule has 0 aliphatic carbocycles. The van der Waals surface area contributed by atoms with E-state index in [4.69, 9.17) is 5.73 Å². The van der Waals surface area contributed by atoms with Crippen LogP contribution in [0.2, 0.25) is 0 Å². The van der Waals surface area contributed by atoms with Gasteiger partial charge in [0.15, 0.2) is 0 Å². The number of hydrogen-bond acceptors (Lipinski definition) is 5. The predicted molar refractivity (Wildman–Crippen MR) is 122 cm³/mol. The van der Waals surface area contributed by atoms with Crippen molar-refractivity contribution in [3.05, 3.63) is 74.6 Å². The normalized spacial score (nSPS) is 10.2. The van der Waals surface area contributed by atoms with Gasteiger partial charge in [0.25, 0.3) is 11.5 Å². The van der Waals surface area contributed by atoms with Crippen molar-refractivity contribution in [2.75, 3.05) is 19.6 Å². The van der Waals surface area contributed by atoms with Crippen molar-refractivity contribution in [2.45, 2.75) is 6.42 Å². The molecule has 0 bridgehead atoms. The molecule has 10 heteroatoms. The van der Waals surface area contributed by atoms with Gasteiger partial charge >= 0.3 is 5.69 Å². The third kappa shape index (κ3) is 5.08. The van der Waals surface area contributed by atoms with Gasteiger partial charge in [0.2, 0.25) is 0 Å². The number of fused-ring (bicyclic) bond motifs is 1. The summed E-state index contributed by atoms with van der Waals surface area (Å²) >= 11 is 0. The van der Waals surface area contributed by atoms with Gasteiger partial charge in [-0.25, -0.2) is 9.78 Å². The minimum atomic E-state index is -0.477. The Hall–Kier alpha value is -2.68. The van der Waals surface area contributed by atoms with E-state index < -0.39 is 11.2 Å². The molecule has 2 aromatic heterocycles. The van der Waals surface area contributed by atoms with Crippen LogP contribution in [-0.4, -0.2) is 44.6 Å². The zero-order valence-corrected chi connectivity index (χ0v) is 18.4. The maximum absolute atomic E-state index is 13.0. The number of amides is 1. The first kappa shape index (κ1) is 25.4. The Bertz CT molecular complexity index is 1130. The topological polar surface area (TPSA) is 103 Å². The number of rotatable bonds is 6. The average molecular weight is 454 g/mol. The standard InChI is InChI=1S/C20H23N5O3.2ClH/c1-23-17-16(19(27)24(2)20(23)28)12-15(13-22-17)18(26)25(11-9-21)10-8-14-6-4-3-5-7-14;;/h3-7,12-13H,8-11,21H2,1-2H3;2*1H. The monoisotopic (exact) mass is 453 g/mol. The SMILES string of the molecule is Cl.Cl.Cn1c(=O)c2cc(C(=O)N(CCN)CCc3ccccc3)cnc2n(C)c1=O. The molecule has 162 valence electrons. The quantitative estimate of drug-likeness (QED) is 0.602. The molecule has 0 saturated carbocycles. The van der Waals surface area contributed by atoms with E-state index in [1.54, 1.807) is 11.9 Å². The van der Waals surface area contributed by atoms with Crippen molar-refractivity contribution in [3.8, 4) is 0 Å². The number of nitrogens with two attached hydrogens (primary N) is 1. The van der Waals surface area contributed by atoms with Crippen LogP contribution in [0.3, 0.4) is 0 Å². The van der Waals surface area contributed by atoms with Gasteiger partial charge in [0, 0.05) is 39.9 Å². The molecule has 30 heavy (non-hydrogen) atoms. The first-order valence-electron chi connectivity index (χ1n) is 9.03. The Morgan fingerprint density at radius 2 is 1.73 bits per heavy atom. The molecule has 2 N–H and O–H groups in total. The van der Waals surface area contributed by atoms with Crippen LogP contribution >= 0.6 is 24.8 Å². The van der Waals surface area contributed by atoms with Crippen LogP contribution in [0.25, 0.3) is 11.0 Å². The highest BCUT2D eigenvalue weighted by Gasteiger charge is 2.18. The maximum Gasteiger partial charge on any atom is 0.332 e. The fourth-order valence-electron chi connectivity index (χ4n) is 3.14. The third-order valence-electron chi connectivity index (χ3n) is 4.74. The molecule has 3 rings (SSSR count). The Labute approximate surface area is 186 Å². The molecular formula is C20H25Cl2N5O3. The second-order valence-corrected chi connectivity index (χ2v) is 6.62. The Morgan fingerprint density at radius 1 is 1.07 bits per heavy atom. The van der Waals surface area contributed by atoms with Crippen LogP contribution in [0.4, 0.5) is 0 Å². The molecule has 1 amide bonds. The number of aryl methyl sites for hydroxylation is 1. The molecule has 1 aromatic carbocycles. The Balaban J connectivity index is 0.00000225. The largest absolute Gasteiger partial charge is 0.337 e. The lowest BCUT2D eigenvalue weighted by molar-refractivity contribution is 0.0762. The molecule has 0 fully saturated rings. The van der Waals surface area contributed by atoms with E-state index in [2.05, 4.69) is 4.98 Å². The summed E-state index contributed by atoms with van der Waals surface area (Å²) in [5, 5.41) is 0.228. The van der Waals surface area contributed by atoms with E-state index in [0.717, 1.165) is 10.1 Å². The molecule has 8 nitrogen and oxygen atoms in total. The first-order valence-corrected chi connectivity index (χ1v) is 9.03. The van der Waals surface area contributed by atoms with Gasteiger partial charge < -0.3 is 10.6 Å². The highest BCUT2D eigenvalue weighted by Crippen LogP contribution is 2.11. The number of aromatic nitrogens is 3. The lowest BCUT2D eigenvalue weighted by Gasteiger charge is -2.22. The maximum atomic E-state index is 13.0. The van der Waals surface area contributed by atoms with Crippen molar-refractivity contribution in [2.24, 2.45) is 19.8 Å². The zero-order chi connectivity index (χ0) is 20.3. The predicted octanol–water partition coefficient (Wildman–Crippen LogP) is 1.12. The number of pyridine rings is 1. The van der Waals surface area contributed by atoms with E-state index in [9.17, 15) is 14.4 Å². The fraction of sp³-hybridized carbons (Fsp3) is 0.300. The third-order valence-corrected chi connectivity index (χ3v) is 4.74. The summed E-state index contributed by atoms with van der Waals surface area (Å²) in [6.45, 7) is 1.23. The van der Waals surface area contributed by atoms with Crippen LogP contribution < -0.4 is 17.0 Å². The number of carbonyl (C=O) groups is 1. The fourth-order valence-corrected chi connectivity index (χ4v) is 3.14. The molecule has 0 unspecified atom stereocenters. The summed E-state index contributed by atoms with van der Waals surface area (Å²) in [6, 6.07) is 11.4. The number of halogens is 2. The molecule has 2 heterocycles. The van der Waals surface area contributed by atoms with E-state index in [-0.39, 0.29) is 41.8 Å². The van der Waals surface area contributed by atoms with Gasteiger partial charge in [-0.05, 0) is 18.1 Å². The van der Waals surface area contributed by atoms with Crippen LogP contribution in [0, 0.1) is 0 Å². The van der Waals surface area contributed by atoms with E-state index >= 15 is 0 Å². The minimum Gasteiger partial charge on any atom is -0.337 e. The highest BCUT2D eigenvalue weighted by atomic mass is 35.5. The van der Waals surface area contributed by atoms with Crippen LogP contribution in [0.15, 0.2) is 52.2 Å². The van der Waals surface area contributed by atoms with Gasteiger partial charge in [0.1, 0.15) is 5.65 Å². The average Bonchev–Trinajstić information content (AvgIpc) is 2.73. The molecule has 0 aliphatic rings. The molecule has 0 atom stereocenters. The van der Waals surface area contributed by atoms with Crippen LogP contribution in [0.1, 0.15) is 15.9 Å². The summed E-state index contributed by atoms with van der Waals surface area (Å²) in [5.41, 5.74) is 6.41. The zero-order valence-electron chi connectivity index (χ0n) is 16.8. The first-order chi connectivity index (χ1) is 13.4. The van der Waals surface area contributed by atoms with Crippen molar-refractivity contribution in [1.29, 1.82) is 0 Å². The molecule has 0 saturated heterocycles. The van der Waals surface area contributed by atoms with Gasteiger partial charge in [-0.3, -0.25) is 18.7 Å². The van der Waals surface area contributed by atoms with Gasteiger partial charge in [-0.1, -0.05) is 30.3 Å². The summed E-state index contributed by atoms with van der Waals surface area (Å²) in [6.07, 6.45) is 2.10. The van der Waals surface area contributed by atoms with Gasteiger partial charge in [0.05, 0.1) is 10.9 Å². The second-order valence-electron chi connectivity index (χ2n) is 6.62. The van der Waals surface area contributed by atoms with Crippen molar-refractivity contribution >= 4 is 41.8 Å². The lowest BCUT2D eigenvalue weighted by atomic mass is 10.1. The van der Waals surface area contributed by atoms with Crippen molar-refractivity contribution < 1.29 is 4.79 Å². The van der Waals surface area contributed by atoms with Crippen LogP contribution in [-0.2, 0) is 20.5 Å². The summed E-state index contributed by atoms with van der Waals surface area (Å²) in [5.74, 6) is -0.244. The number of nitrogens with zero attached hydrogens (tertiary/aromatic N) is 4. The molecular weight excluding hydrogens is 429 g/mol. The summed E-state index contributed by atoms with van der Waals surface area (Å²) < 4.78 is 2.30. The number of carbonyl (C=O) groups excluding carboxylic acids is 1. The van der Waals surface area contributed by atoms with Crippen molar-refractivity contribution in [3.63, 3.8) is 0 Å². The van der Waals surface area contributed by atoms with E-state index in [0.29, 0.717) is 31.6 Å².